The van der Waals surface area contributed by atoms with Gasteiger partial charge in [-0.3, -0.25) is 4.79 Å². The van der Waals surface area contributed by atoms with Crippen LogP contribution in [0, 0.1) is 11.3 Å². The number of sulfonamides is 1. The number of rotatable bonds is 4. The third kappa shape index (κ3) is 3.25. The topological polar surface area (TPSA) is 83.2 Å². The highest BCUT2D eigenvalue weighted by Gasteiger charge is 2.27. The van der Waals surface area contributed by atoms with Crippen molar-refractivity contribution in [3.05, 3.63) is 64.1 Å². The number of nitriles is 1. The first-order valence-electron chi connectivity index (χ1n) is 7.70. The Morgan fingerprint density at radius 3 is 2.58 bits per heavy atom. The van der Waals surface area contributed by atoms with E-state index >= 15 is 0 Å². The van der Waals surface area contributed by atoms with Gasteiger partial charge in [-0.25, -0.2) is 8.42 Å². The Hall–Kier alpha value is -2.43. The Balaban J connectivity index is 1.94. The SMILES string of the molecule is N#Cc1cccc(Cn2cc(S(=O)(=O)N3CCCC3)ccc2=O)c1. The van der Waals surface area contributed by atoms with Crippen molar-refractivity contribution < 1.29 is 8.42 Å². The van der Waals surface area contributed by atoms with E-state index < -0.39 is 10.0 Å². The van der Waals surface area contributed by atoms with Gasteiger partial charge in [-0.15, -0.1) is 0 Å². The van der Waals surface area contributed by atoms with Gasteiger partial charge >= 0.3 is 0 Å². The zero-order chi connectivity index (χ0) is 17.2. The molecule has 0 amide bonds. The van der Waals surface area contributed by atoms with E-state index in [1.165, 1.54) is 27.2 Å². The number of benzene rings is 1. The van der Waals surface area contributed by atoms with Gasteiger partial charge in [0.15, 0.2) is 0 Å². The lowest BCUT2D eigenvalue weighted by Crippen LogP contribution is -2.29. The highest BCUT2D eigenvalue weighted by atomic mass is 32.2. The molecule has 1 aliphatic rings. The first-order valence-corrected chi connectivity index (χ1v) is 9.14. The number of hydrogen-bond donors (Lipinski definition) is 0. The predicted octanol–water partition coefficient (Wildman–Crippen LogP) is 1.55. The summed E-state index contributed by atoms with van der Waals surface area (Å²) in [7, 11) is -3.56. The second-order valence-electron chi connectivity index (χ2n) is 5.75. The van der Waals surface area contributed by atoms with Crippen LogP contribution in [-0.2, 0) is 16.6 Å². The van der Waals surface area contributed by atoms with Crippen LogP contribution in [0.15, 0.2) is 52.3 Å². The van der Waals surface area contributed by atoms with Gasteiger partial charge in [0.05, 0.1) is 23.1 Å². The van der Waals surface area contributed by atoms with Crippen LogP contribution in [0.25, 0.3) is 0 Å². The normalized spacial score (nSPS) is 15.3. The summed E-state index contributed by atoms with van der Waals surface area (Å²) in [4.78, 5) is 12.2. The molecule has 1 fully saturated rings. The summed E-state index contributed by atoms with van der Waals surface area (Å²) in [5.74, 6) is 0. The summed E-state index contributed by atoms with van der Waals surface area (Å²) in [5, 5.41) is 8.95. The lowest BCUT2D eigenvalue weighted by molar-refractivity contribution is 0.476. The second kappa shape index (κ2) is 6.59. The molecule has 24 heavy (non-hydrogen) atoms. The average molecular weight is 343 g/mol. The quantitative estimate of drug-likeness (QED) is 0.843. The smallest absolute Gasteiger partial charge is 0.250 e. The summed E-state index contributed by atoms with van der Waals surface area (Å²) >= 11 is 0. The number of aromatic nitrogens is 1. The van der Waals surface area contributed by atoms with Crippen LogP contribution in [0.3, 0.4) is 0 Å². The fourth-order valence-electron chi connectivity index (χ4n) is 2.80. The Labute approximate surface area is 140 Å². The molecule has 124 valence electrons. The number of nitrogens with zero attached hydrogens (tertiary/aromatic N) is 3. The van der Waals surface area contributed by atoms with Crippen molar-refractivity contribution in [1.29, 1.82) is 5.26 Å². The Morgan fingerprint density at radius 1 is 1.12 bits per heavy atom. The van der Waals surface area contributed by atoms with Crippen molar-refractivity contribution in [2.45, 2.75) is 24.3 Å². The standard InChI is InChI=1S/C17H17N3O3S/c18-11-14-4-3-5-15(10-14)12-19-13-16(6-7-17(19)21)24(22,23)20-8-1-2-9-20/h3-7,10,13H,1-2,8-9,12H2. The van der Waals surface area contributed by atoms with Crippen LogP contribution in [-0.4, -0.2) is 30.4 Å². The van der Waals surface area contributed by atoms with Crippen molar-refractivity contribution in [2.24, 2.45) is 0 Å². The molecule has 0 radical (unpaired) electrons. The lowest BCUT2D eigenvalue weighted by Gasteiger charge is -2.16. The summed E-state index contributed by atoms with van der Waals surface area (Å²) in [6.07, 6.45) is 3.11. The largest absolute Gasteiger partial charge is 0.310 e. The van der Waals surface area contributed by atoms with Crippen molar-refractivity contribution in [2.75, 3.05) is 13.1 Å². The minimum Gasteiger partial charge on any atom is -0.310 e. The number of pyridine rings is 1. The second-order valence-corrected chi connectivity index (χ2v) is 7.69. The molecule has 1 saturated heterocycles. The van der Waals surface area contributed by atoms with Gasteiger partial charge in [0.1, 0.15) is 0 Å². The zero-order valence-corrected chi connectivity index (χ0v) is 13.9. The fourth-order valence-corrected chi connectivity index (χ4v) is 4.34. The molecule has 0 unspecified atom stereocenters. The maximum atomic E-state index is 12.6. The van der Waals surface area contributed by atoms with Gasteiger partial charge in [0.2, 0.25) is 10.0 Å². The first kappa shape index (κ1) is 16.4. The van der Waals surface area contributed by atoms with Crippen LogP contribution in [0.5, 0.6) is 0 Å². The summed E-state index contributed by atoms with van der Waals surface area (Å²) in [6.45, 7) is 1.26. The van der Waals surface area contributed by atoms with Gasteiger partial charge in [-0.05, 0) is 36.6 Å². The summed E-state index contributed by atoms with van der Waals surface area (Å²) < 4.78 is 28.0. The molecule has 1 aromatic heterocycles. The van der Waals surface area contributed by atoms with E-state index in [1.807, 2.05) is 0 Å². The molecule has 0 spiro atoms. The molecule has 0 N–H and O–H groups in total. The van der Waals surface area contributed by atoms with Crippen molar-refractivity contribution in [3.8, 4) is 6.07 Å². The molecular weight excluding hydrogens is 326 g/mol. The third-order valence-electron chi connectivity index (χ3n) is 4.07. The Bertz CT molecular complexity index is 952. The average Bonchev–Trinajstić information content (AvgIpc) is 3.12. The molecular formula is C17H17N3O3S. The maximum absolute atomic E-state index is 12.6. The third-order valence-corrected chi connectivity index (χ3v) is 5.95. The van der Waals surface area contributed by atoms with Crippen molar-refractivity contribution in [1.82, 2.24) is 8.87 Å². The molecule has 0 aliphatic carbocycles. The molecule has 2 aromatic rings. The maximum Gasteiger partial charge on any atom is 0.250 e. The molecule has 6 nitrogen and oxygen atoms in total. The monoisotopic (exact) mass is 343 g/mol. The van der Waals surface area contributed by atoms with E-state index in [4.69, 9.17) is 5.26 Å². The van der Waals surface area contributed by atoms with E-state index in [0.717, 1.165) is 18.4 Å². The molecule has 2 heterocycles. The van der Waals surface area contributed by atoms with E-state index in [-0.39, 0.29) is 17.0 Å². The van der Waals surface area contributed by atoms with Gasteiger partial charge in [-0.1, -0.05) is 12.1 Å². The summed E-state index contributed by atoms with van der Waals surface area (Å²) in [6, 6.07) is 11.6. The zero-order valence-electron chi connectivity index (χ0n) is 13.1. The van der Waals surface area contributed by atoms with Gasteiger partial charge in [0.25, 0.3) is 5.56 Å². The van der Waals surface area contributed by atoms with Crippen LogP contribution in [0.4, 0.5) is 0 Å². The van der Waals surface area contributed by atoms with Crippen molar-refractivity contribution in [3.63, 3.8) is 0 Å². The van der Waals surface area contributed by atoms with Gasteiger partial charge < -0.3 is 4.57 Å². The minimum atomic E-state index is -3.56. The van der Waals surface area contributed by atoms with E-state index in [9.17, 15) is 13.2 Å². The molecule has 0 saturated carbocycles. The predicted molar refractivity (Wildman–Crippen MR) is 89.0 cm³/mol. The highest BCUT2D eigenvalue weighted by Crippen LogP contribution is 2.20. The Kier molecular flexibility index (Phi) is 4.51. The van der Waals surface area contributed by atoms with Crippen LogP contribution in [0.2, 0.25) is 0 Å². The Morgan fingerprint density at radius 2 is 1.88 bits per heavy atom. The fraction of sp³-hybridized carbons (Fsp3) is 0.294. The molecule has 1 aromatic carbocycles. The number of hydrogen-bond acceptors (Lipinski definition) is 4. The van der Waals surface area contributed by atoms with Crippen LogP contribution < -0.4 is 5.56 Å². The van der Waals surface area contributed by atoms with E-state index in [1.54, 1.807) is 24.3 Å². The van der Waals surface area contributed by atoms with E-state index in [0.29, 0.717) is 18.7 Å². The van der Waals surface area contributed by atoms with Crippen LogP contribution in [0.1, 0.15) is 24.0 Å². The minimum absolute atomic E-state index is 0.125. The first-order chi connectivity index (χ1) is 11.5. The molecule has 3 rings (SSSR count). The van der Waals surface area contributed by atoms with Crippen molar-refractivity contribution >= 4 is 10.0 Å². The summed E-state index contributed by atoms with van der Waals surface area (Å²) in [5.41, 5.74) is 0.992. The molecule has 0 atom stereocenters. The van der Waals surface area contributed by atoms with Gasteiger partial charge in [0, 0.05) is 25.4 Å². The molecule has 0 bridgehead atoms. The molecule has 1 aliphatic heterocycles. The lowest BCUT2D eigenvalue weighted by atomic mass is 10.1. The highest BCUT2D eigenvalue weighted by molar-refractivity contribution is 7.89. The van der Waals surface area contributed by atoms with Crippen LogP contribution >= 0.6 is 0 Å². The van der Waals surface area contributed by atoms with Gasteiger partial charge in [-0.2, -0.15) is 9.57 Å². The molecule has 7 heteroatoms. The van der Waals surface area contributed by atoms with E-state index in [2.05, 4.69) is 6.07 Å².